The van der Waals surface area contributed by atoms with Crippen molar-refractivity contribution >= 4 is 56.4 Å². The largest absolute Gasteiger partial charge is 0.416 e. The fourth-order valence-electron chi connectivity index (χ4n) is 2.68. The van der Waals surface area contributed by atoms with Crippen molar-refractivity contribution in [1.82, 2.24) is 10.2 Å². The summed E-state index contributed by atoms with van der Waals surface area (Å²) in [6.07, 6.45) is 1.03. The molecule has 0 spiro atoms. The predicted molar refractivity (Wildman–Crippen MR) is 105 cm³/mol. The van der Waals surface area contributed by atoms with Crippen LogP contribution in [0.25, 0.3) is 0 Å². The third kappa shape index (κ3) is 5.60. The zero-order valence-corrected chi connectivity index (χ0v) is 17.5. The molecule has 1 aromatic carbocycles. The fourth-order valence-corrected chi connectivity index (χ4v) is 5.58. The summed E-state index contributed by atoms with van der Waals surface area (Å²) < 4.78 is 28.6. The van der Waals surface area contributed by atoms with Gasteiger partial charge in [-0.1, -0.05) is 35.0 Å². The normalized spacial score (nSPS) is 19.7. The first-order chi connectivity index (χ1) is 12.7. The number of benzene rings is 1. The van der Waals surface area contributed by atoms with E-state index in [-0.39, 0.29) is 28.6 Å². The van der Waals surface area contributed by atoms with Gasteiger partial charge in [-0.15, -0.1) is 10.2 Å². The minimum Gasteiger partial charge on any atom is -0.416 e. The summed E-state index contributed by atoms with van der Waals surface area (Å²) in [4.78, 5) is 12.3. The van der Waals surface area contributed by atoms with E-state index in [2.05, 4.69) is 15.5 Å². The highest BCUT2D eigenvalue weighted by atomic mass is 35.5. The van der Waals surface area contributed by atoms with Crippen LogP contribution in [0.15, 0.2) is 27.8 Å². The average Bonchev–Trinajstić information content (AvgIpc) is 3.17. The molecule has 2 unspecified atom stereocenters. The molecule has 1 fully saturated rings. The smallest absolute Gasteiger partial charge is 0.277 e. The Morgan fingerprint density at radius 2 is 2.19 bits per heavy atom. The third-order valence-electron chi connectivity index (χ3n) is 4.07. The van der Waals surface area contributed by atoms with Crippen LogP contribution in [0.4, 0.5) is 5.69 Å². The van der Waals surface area contributed by atoms with Crippen molar-refractivity contribution in [2.45, 2.75) is 30.2 Å². The molecule has 0 aliphatic carbocycles. The standard InChI is InChI=1S/C16H17Cl2N3O4S2/c1-9(15(22)19-13-7-11(17)2-3-12(13)18)26-16-21-20-14(25-16)6-10-4-5-27(23,24)8-10/h2-3,7,9-10H,4-6,8H2,1H3,(H,19,22). The zero-order chi connectivity index (χ0) is 19.6. The number of halogens is 2. The lowest BCUT2D eigenvalue weighted by Crippen LogP contribution is -2.22. The molecule has 2 heterocycles. The Morgan fingerprint density at radius 3 is 2.89 bits per heavy atom. The van der Waals surface area contributed by atoms with Crippen LogP contribution >= 0.6 is 35.0 Å². The van der Waals surface area contributed by atoms with Gasteiger partial charge in [0.1, 0.15) is 0 Å². The van der Waals surface area contributed by atoms with Gasteiger partial charge in [-0.25, -0.2) is 8.42 Å². The minimum absolute atomic E-state index is 0.000932. The molecule has 0 bridgehead atoms. The number of hydrogen-bond donors (Lipinski definition) is 1. The molecule has 27 heavy (non-hydrogen) atoms. The maximum Gasteiger partial charge on any atom is 0.277 e. The quantitative estimate of drug-likeness (QED) is 0.673. The lowest BCUT2D eigenvalue weighted by atomic mass is 10.1. The summed E-state index contributed by atoms with van der Waals surface area (Å²) in [5, 5.41) is 11.2. The number of thioether (sulfide) groups is 1. The third-order valence-corrected chi connectivity index (χ3v) is 7.41. The van der Waals surface area contributed by atoms with Crippen LogP contribution in [-0.2, 0) is 21.1 Å². The second-order valence-corrected chi connectivity index (χ2v) is 10.7. The topological polar surface area (TPSA) is 102 Å². The summed E-state index contributed by atoms with van der Waals surface area (Å²) in [5.74, 6) is 0.447. The molecule has 7 nitrogen and oxygen atoms in total. The van der Waals surface area contributed by atoms with Crippen molar-refractivity contribution in [3.63, 3.8) is 0 Å². The lowest BCUT2D eigenvalue weighted by Gasteiger charge is -2.11. The molecule has 1 aliphatic rings. The number of hydrogen-bond acceptors (Lipinski definition) is 7. The zero-order valence-electron chi connectivity index (χ0n) is 14.3. The van der Waals surface area contributed by atoms with Gasteiger partial charge in [-0.05, 0) is 37.5 Å². The average molecular weight is 450 g/mol. The van der Waals surface area contributed by atoms with E-state index in [1.807, 2.05) is 0 Å². The Bertz CT molecular complexity index is 949. The number of amides is 1. The van der Waals surface area contributed by atoms with E-state index in [9.17, 15) is 13.2 Å². The maximum absolute atomic E-state index is 12.3. The van der Waals surface area contributed by atoms with Crippen LogP contribution in [0.3, 0.4) is 0 Å². The van der Waals surface area contributed by atoms with Crippen LogP contribution in [0.2, 0.25) is 10.0 Å². The Kier molecular flexibility index (Phi) is 6.35. The second-order valence-electron chi connectivity index (χ2n) is 6.31. The van der Waals surface area contributed by atoms with Crippen molar-refractivity contribution < 1.29 is 17.6 Å². The van der Waals surface area contributed by atoms with Gasteiger partial charge in [-0.2, -0.15) is 0 Å². The molecule has 1 aromatic heterocycles. The summed E-state index contributed by atoms with van der Waals surface area (Å²) in [6.45, 7) is 1.70. The van der Waals surface area contributed by atoms with Crippen molar-refractivity contribution in [3.05, 3.63) is 34.1 Å². The number of anilines is 1. The Hall–Kier alpha value is -1.29. The molecule has 11 heteroatoms. The SMILES string of the molecule is CC(Sc1nnc(CC2CCS(=O)(=O)C2)o1)C(=O)Nc1cc(Cl)ccc1Cl. The number of sulfone groups is 1. The van der Waals surface area contributed by atoms with E-state index < -0.39 is 15.1 Å². The second kappa shape index (κ2) is 8.38. The number of nitrogens with one attached hydrogen (secondary N) is 1. The van der Waals surface area contributed by atoms with Crippen molar-refractivity contribution in [3.8, 4) is 0 Å². The van der Waals surface area contributed by atoms with Gasteiger partial charge < -0.3 is 9.73 Å². The number of rotatable bonds is 6. The Balaban J connectivity index is 1.56. The molecule has 1 saturated heterocycles. The van der Waals surface area contributed by atoms with Crippen LogP contribution in [0.1, 0.15) is 19.2 Å². The van der Waals surface area contributed by atoms with Crippen LogP contribution in [0.5, 0.6) is 0 Å². The van der Waals surface area contributed by atoms with Gasteiger partial charge in [0, 0.05) is 11.4 Å². The first-order valence-electron chi connectivity index (χ1n) is 8.17. The van der Waals surface area contributed by atoms with Gasteiger partial charge in [0.2, 0.25) is 11.8 Å². The van der Waals surface area contributed by atoms with Gasteiger partial charge in [-0.3, -0.25) is 4.79 Å². The van der Waals surface area contributed by atoms with E-state index in [0.29, 0.717) is 34.5 Å². The molecule has 0 saturated carbocycles. The molecular formula is C16H17Cl2N3O4S2. The van der Waals surface area contributed by atoms with Gasteiger partial charge in [0.25, 0.3) is 5.22 Å². The van der Waals surface area contributed by atoms with E-state index in [1.165, 1.54) is 0 Å². The first-order valence-corrected chi connectivity index (χ1v) is 11.6. The molecule has 2 atom stereocenters. The highest BCUT2D eigenvalue weighted by molar-refractivity contribution is 8.00. The van der Waals surface area contributed by atoms with Crippen molar-refractivity contribution in [2.75, 3.05) is 16.8 Å². The summed E-state index contributed by atoms with van der Waals surface area (Å²) in [6, 6.07) is 4.80. The highest BCUT2D eigenvalue weighted by Crippen LogP contribution is 2.29. The minimum atomic E-state index is -2.94. The van der Waals surface area contributed by atoms with Crippen molar-refractivity contribution in [2.24, 2.45) is 5.92 Å². The van der Waals surface area contributed by atoms with Crippen LogP contribution in [-0.4, -0.2) is 41.3 Å². The maximum atomic E-state index is 12.3. The molecule has 3 rings (SSSR count). The molecule has 1 N–H and O–H groups in total. The molecular weight excluding hydrogens is 433 g/mol. The molecule has 1 aliphatic heterocycles. The monoisotopic (exact) mass is 449 g/mol. The van der Waals surface area contributed by atoms with Crippen molar-refractivity contribution in [1.29, 1.82) is 0 Å². The molecule has 146 valence electrons. The van der Waals surface area contributed by atoms with Gasteiger partial charge in [0.15, 0.2) is 9.84 Å². The molecule has 2 aromatic rings. The van der Waals surface area contributed by atoms with E-state index in [1.54, 1.807) is 25.1 Å². The number of carbonyl (C=O) groups is 1. The predicted octanol–water partition coefficient (Wildman–Crippen LogP) is 3.47. The van der Waals surface area contributed by atoms with Crippen LogP contribution < -0.4 is 5.32 Å². The fraction of sp³-hybridized carbons (Fsp3) is 0.438. The highest BCUT2D eigenvalue weighted by Gasteiger charge is 2.29. The number of aromatic nitrogens is 2. The number of nitrogens with zero attached hydrogens (tertiary/aromatic N) is 2. The summed E-state index contributed by atoms with van der Waals surface area (Å²) in [5.41, 5.74) is 0.426. The molecule has 1 amide bonds. The number of carbonyl (C=O) groups excluding carboxylic acids is 1. The Morgan fingerprint density at radius 1 is 1.41 bits per heavy atom. The van der Waals surface area contributed by atoms with Gasteiger partial charge >= 0.3 is 0 Å². The lowest BCUT2D eigenvalue weighted by molar-refractivity contribution is -0.115. The summed E-state index contributed by atoms with van der Waals surface area (Å²) >= 11 is 13.1. The van der Waals surface area contributed by atoms with Gasteiger partial charge in [0.05, 0.1) is 27.5 Å². The Labute approximate surface area is 171 Å². The van der Waals surface area contributed by atoms with E-state index in [4.69, 9.17) is 27.6 Å². The summed E-state index contributed by atoms with van der Waals surface area (Å²) in [7, 11) is -2.94. The molecule has 0 radical (unpaired) electrons. The van der Waals surface area contributed by atoms with E-state index in [0.717, 1.165) is 11.8 Å². The van der Waals surface area contributed by atoms with E-state index >= 15 is 0 Å². The first kappa shape index (κ1) is 20.4. The van der Waals surface area contributed by atoms with Crippen LogP contribution in [0, 0.1) is 5.92 Å².